The number of hydrogen-bond acceptors (Lipinski definition) is 5. The molecule has 8 heteroatoms. The Morgan fingerprint density at radius 2 is 2.00 bits per heavy atom. The Labute approximate surface area is 173 Å². The summed E-state index contributed by atoms with van der Waals surface area (Å²) < 4.78 is 8.37. The summed E-state index contributed by atoms with van der Waals surface area (Å²) in [5.41, 5.74) is 3.97. The highest BCUT2D eigenvalue weighted by Gasteiger charge is 2.16. The number of aromatic amines is 1. The molecule has 1 aromatic heterocycles. The zero-order valence-corrected chi connectivity index (χ0v) is 17.7. The minimum Gasteiger partial charge on any atom is -0.485 e. The largest absolute Gasteiger partial charge is 0.485 e. The molecular formula is C20H21ClN4O2S. The molecule has 0 bridgehead atoms. The molecule has 1 heterocycles. The van der Waals surface area contributed by atoms with Crippen LogP contribution in [0.5, 0.6) is 5.75 Å². The van der Waals surface area contributed by atoms with E-state index in [1.807, 2.05) is 56.5 Å². The first kappa shape index (κ1) is 20.2. The number of rotatable bonds is 6. The number of hydrogen-bond donors (Lipinski definition) is 1. The van der Waals surface area contributed by atoms with E-state index in [2.05, 4.69) is 15.4 Å². The first-order valence-electron chi connectivity index (χ1n) is 8.85. The minimum atomic E-state index is 0.173. The lowest BCUT2D eigenvalue weighted by molar-refractivity contribution is 0.289. The van der Waals surface area contributed by atoms with Crippen LogP contribution < -0.4 is 4.74 Å². The van der Waals surface area contributed by atoms with Crippen molar-refractivity contribution in [1.82, 2.24) is 14.8 Å². The molecule has 0 saturated carbocycles. The predicted octanol–water partition coefficient (Wildman–Crippen LogP) is 6.30. The third-order valence-corrected chi connectivity index (χ3v) is 5.07. The normalized spacial score (nSPS) is 11.1. The number of ether oxygens (including phenoxy) is 1. The second-order valence-corrected chi connectivity index (χ2v) is 7.75. The van der Waals surface area contributed by atoms with Gasteiger partial charge in [-0.2, -0.15) is 5.10 Å². The van der Waals surface area contributed by atoms with Crippen LogP contribution in [0.2, 0.25) is 5.02 Å². The number of halogens is 1. The molecule has 0 aliphatic carbocycles. The fourth-order valence-electron chi connectivity index (χ4n) is 3.00. The Morgan fingerprint density at radius 1 is 1.25 bits per heavy atom. The van der Waals surface area contributed by atoms with Gasteiger partial charge in [0.25, 0.3) is 0 Å². The Bertz CT molecular complexity index is 1090. The molecule has 0 atom stereocenters. The molecule has 3 aromatic rings. The van der Waals surface area contributed by atoms with Crippen LogP contribution in [0.25, 0.3) is 5.69 Å². The molecule has 0 aliphatic rings. The lowest BCUT2D eigenvalue weighted by Gasteiger charge is -2.16. The molecular weight excluding hydrogens is 396 g/mol. The summed E-state index contributed by atoms with van der Waals surface area (Å²) in [6.07, 6.45) is 0. The second-order valence-electron chi connectivity index (χ2n) is 6.92. The zero-order valence-electron chi connectivity index (χ0n) is 16.1. The smallest absolute Gasteiger partial charge is 0.199 e. The third kappa shape index (κ3) is 4.00. The average molecular weight is 417 g/mol. The summed E-state index contributed by atoms with van der Waals surface area (Å²) in [6.45, 7) is 8.09. The van der Waals surface area contributed by atoms with E-state index < -0.39 is 0 Å². The van der Waals surface area contributed by atoms with Gasteiger partial charge in [0, 0.05) is 5.02 Å². The van der Waals surface area contributed by atoms with Crippen LogP contribution >= 0.6 is 23.8 Å². The van der Waals surface area contributed by atoms with Crippen molar-refractivity contribution in [2.24, 2.45) is 5.18 Å². The van der Waals surface area contributed by atoms with E-state index in [1.54, 1.807) is 6.07 Å². The fourth-order valence-corrected chi connectivity index (χ4v) is 3.42. The van der Waals surface area contributed by atoms with Crippen molar-refractivity contribution < 1.29 is 4.74 Å². The summed E-state index contributed by atoms with van der Waals surface area (Å²) in [6, 6.07) is 9.23. The summed E-state index contributed by atoms with van der Waals surface area (Å²) in [5.74, 6) is 1.50. The summed E-state index contributed by atoms with van der Waals surface area (Å²) >= 11 is 11.6. The summed E-state index contributed by atoms with van der Waals surface area (Å²) in [7, 11) is 0. The molecule has 0 aliphatic heterocycles. The van der Waals surface area contributed by atoms with Crippen LogP contribution in [0.1, 0.15) is 42.3 Å². The SMILES string of the molecule is Cc1cc(OCc2n[nH]c(=S)n2-c2cc(Cl)ccc2C)c(C(C)C)cc1N=O. The molecule has 0 fully saturated rings. The Balaban J connectivity index is 1.97. The first-order valence-corrected chi connectivity index (χ1v) is 9.64. The van der Waals surface area contributed by atoms with Crippen molar-refractivity contribution in [1.29, 1.82) is 0 Å². The van der Waals surface area contributed by atoms with Gasteiger partial charge in [0.1, 0.15) is 18.0 Å². The van der Waals surface area contributed by atoms with Gasteiger partial charge < -0.3 is 4.74 Å². The zero-order chi connectivity index (χ0) is 20.4. The maximum Gasteiger partial charge on any atom is 0.199 e. The molecule has 0 spiro atoms. The van der Waals surface area contributed by atoms with Crippen LogP contribution in [-0.4, -0.2) is 14.8 Å². The van der Waals surface area contributed by atoms with Gasteiger partial charge in [-0.1, -0.05) is 31.5 Å². The number of nitrogens with one attached hydrogen (secondary N) is 1. The lowest BCUT2D eigenvalue weighted by Crippen LogP contribution is -2.08. The molecule has 3 rings (SSSR count). The molecule has 28 heavy (non-hydrogen) atoms. The number of nitrogens with zero attached hydrogens (tertiary/aromatic N) is 3. The van der Waals surface area contributed by atoms with Crippen LogP contribution in [0.4, 0.5) is 5.69 Å². The van der Waals surface area contributed by atoms with Gasteiger partial charge >= 0.3 is 0 Å². The Hall–Kier alpha value is -2.51. The maximum atomic E-state index is 11.0. The monoisotopic (exact) mass is 416 g/mol. The van der Waals surface area contributed by atoms with Crippen molar-refractivity contribution in [3.05, 3.63) is 67.5 Å². The molecule has 0 saturated heterocycles. The van der Waals surface area contributed by atoms with E-state index in [-0.39, 0.29) is 12.5 Å². The Morgan fingerprint density at radius 3 is 2.68 bits per heavy atom. The molecule has 0 unspecified atom stereocenters. The van der Waals surface area contributed by atoms with E-state index in [0.717, 1.165) is 22.4 Å². The van der Waals surface area contributed by atoms with Gasteiger partial charge in [0.15, 0.2) is 10.6 Å². The number of benzene rings is 2. The maximum absolute atomic E-state index is 11.0. The van der Waals surface area contributed by atoms with E-state index in [9.17, 15) is 4.91 Å². The highest BCUT2D eigenvalue weighted by molar-refractivity contribution is 7.71. The van der Waals surface area contributed by atoms with Crippen molar-refractivity contribution in [3.63, 3.8) is 0 Å². The third-order valence-electron chi connectivity index (χ3n) is 4.56. The quantitative estimate of drug-likeness (QED) is 0.378. The predicted molar refractivity (Wildman–Crippen MR) is 114 cm³/mol. The summed E-state index contributed by atoms with van der Waals surface area (Å²) in [4.78, 5) is 11.0. The number of nitroso groups, excluding NO2 is 1. The molecule has 6 nitrogen and oxygen atoms in total. The van der Waals surface area contributed by atoms with Gasteiger partial charge in [-0.3, -0.25) is 9.67 Å². The molecule has 2 aromatic carbocycles. The fraction of sp³-hybridized carbons (Fsp3) is 0.300. The van der Waals surface area contributed by atoms with Gasteiger partial charge in [0.2, 0.25) is 0 Å². The van der Waals surface area contributed by atoms with Gasteiger partial charge in [-0.15, -0.1) is 4.91 Å². The molecule has 146 valence electrons. The Kier molecular flexibility index (Phi) is 5.96. The molecule has 1 N–H and O–H groups in total. The van der Waals surface area contributed by atoms with Crippen LogP contribution in [0.15, 0.2) is 35.5 Å². The number of H-pyrrole nitrogens is 1. The van der Waals surface area contributed by atoms with Crippen molar-refractivity contribution in [3.8, 4) is 11.4 Å². The van der Waals surface area contributed by atoms with Crippen LogP contribution in [0.3, 0.4) is 0 Å². The highest BCUT2D eigenvalue weighted by Crippen LogP contribution is 2.34. The van der Waals surface area contributed by atoms with E-state index in [0.29, 0.717) is 27.1 Å². The average Bonchev–Trinajstić information content (AvgIpc) is 3.02. The van der Waals surface area contributed by atoms with Crippen molar-refractivity contribution in [2.45, 2.75) is 40.2 Å². The molecule has 0 radical (unpaired) electrons. The lowest BCUT2D eigenvalue weighted by atomic mass is 9.99. The van der Waals surface area contributed by atoms with E-state index in [4.69, 9.17) is 28.6 Å². The highest BCUT2D eigenvalue weighted by atomic mass is 35.5. The van der Waals surface area contributed by atoms with Gasteiger partial charge in [-0.05, 0) is 78.1 Å². The van der Waals surface area contributed by atoms with Crippen molar-refractivity contribution >= 4 is 29.5 Å². The van der Waals surface area contributed by atoms with Crippen LogP contribution in [0, 0.1) is 23.5 Å². The first-order chi connectivity index (χ1) is 13.3. The van der Waals surface area contributed by atoms with Crippen LogP contribution in [-0.2, 0) is 6.61 Å². The standard InChI is InChI=1S/C20H21ClN4O2S/c1-11(2)15-9-16(24-26)13(4)7-18(15)27-10-19-22-23-20(28)25(19)17-8-14(21)6-5-12(17)3/h5-9,11H,10H2,1-4H3,(H,23,28). The topological polar surface area (TPSA) is 72.3 Å². The molecule has 0 amide bonds. The van der Waals surface area contributed by atoms with Gasteiger partial charge in [0.05, 0.1) is 5.69 Å². The van der Waals surface area contributed by atoms with E-state index >= 15 is 0 Å². The minimum absolute atomic E-state index is 0.173. The van der Waals surface area contributed by atoms with Crippen molar-refractivity contribution in [2.75, 3.05) is 0 Å². The van der Waals surface area contributed by atoms with E-state index in [1.165, 1.54) is 0 Å². The summed E-state index contributed by atoms with van der Waals surface area (Å²) in [5, 5.41) is 10.9. The second kappa shape index (κ2) is 8.24. The number of aromatic nitrogens is 3. The number of aryl methyl sites for hydroxylation is 2. The van der Waals surface area contributed by atoms with Gasteiger partial charge in [-0.25, -0.2) is 0 Å².